The van der Waals surface area contributed by atoms with Crippen LogP contribution < -0.4 is 15.8 Å². The van der Waals surface area contributed by atoms with Crippen LogP contribution in [0.25, 0.3) is 32.9 Å². The summed E-state index contributed by atoms with van der Waals surface area (Å²) in [5.74, 6) is 4.51. The second-order valence-electron chi connectivity index (χ2n) is 14.9. The normalized spacial score (nSPS) is 19.3. The number of fused-ring (bicyclic) bond motifs is 2. The molecule has 3 fully saturated rings. The second-order valence-corrected chi connectivity index (χ2v) is 14.9. The van der Waals surface area contributed by atoms with E-state index in [1.54, 1.807) is 4.57 Å². The van der Waals surface area contributed by atoms with Gasteiger partial charge in [-0.05, 0) is 74.3 Å². The summed E-state index contributed by atoms with van der Waals surface area (Å²) in [4.78, 5) is 31.9. The van der Waals surface area contributed by atoms with Crippen molar-refractivity contribution >= 4 is 27.8 Å². The first kappa shape index (κ1) is 31.8. The monoisotopic (exact) mass is 653 g/mol. The molecule has 2 aliphatic heterocycles. The van der Waals surface area contributed by atoms with Crippen LogP contribution in [0.15, 0.2) is 71.8 Å². The van der Waals surface area contributed by atoms with Crippen molar-refractivity contribution in [2.75, 3.05) is 37.6 Å². The average molecular weight is 654 g/mol. The number of aryl methyl sites for hydroxylation is 1. The lowest BCUT2D eigenvalue weighted by atomic mass is 9.87. The van der Waals surface area contributed by atoms with Gasteiger partial charge in [0.15, 0.2) is 0 Å². The molecule has 8 heteroatoms. The van der Waals surface area contributed by atoms with E-state index in [4.69, 9.17) is 16.4 Å². The third-order valence-electron chi connectivity index (χ3n) is 11.5. The number of terminal acetylenes is 1. The Morgan fingerprint density at radius 2 is 1.78 bits per heavy atom. The van der Waals surface area contributed by atoms with E-state index < -0.39 is 0 Å². The van der Waals surface area contributed by atoms with Gasteiger partial charge < -0.3 is 24.7 Å². The quantitative estimate of drug-likeness (QED) is 0.178. The Hall–Kier alpha value is -4.45. The van der Waals surface area contributed by atoms with Gasteiger partial charge in [-0.3, -0.25) is 4.79 Å². The highest BCUT2D eigenvalue weighted by molar-refractivity contribution is 5.97. The third-order valence-corrected chi connectivity index (χ3v) is 11.5. The molecule has 1 atom stereocenters. The Bertz CT molecular complexity index is 2060. The number of nitrogens with one attached hydrogen (secondary N) is 2. The zero-order valence-corrected chi connectivity index (χ0v) is 28.8. The standard InChI is InChI=1S/C41H47N7O/c1-4-19-43-41(2)17-23-47(24-18-41)31-15-21-48(22-16-31)40-44-36-13-12-30(35-27-46(3)39(49)38-32(35)14-20-42-38)26-34(36)37(45-40)33(25-28-10-11-28)29-8-6-5-7-9-29/h1,5-9,12-14,20,26-28,31,33,42-43H,10-11,15-19,21-25H2,2-3H3/t33-/m0/s1. The van der Waals surface area contributed by atoms with Crippen molar-refractivity contribution in [3.63, 3.8) is 0 Å². The summed E-state index contributed by atoms with van der Waals surface area (Å²) in [5.41, 5.74) is 6.25. The van der Waals surface area contributed by atoms with Gasteiger partial charge in [0, 0.05) is 79.5 Å². The van der Waals surface area contributed by atoms with E-state index in [0.29, 0.717) is 18.1 Å². The number of aromatic nitrogens is 4. The van der Waals surface area contributed by atoms with E-state index >= 15 is 0 Å². The number of hydrogen-bond acceptors (Lipinski definition) is 6. The van der Waals surface area contributed by atoms with Gasteiger partial charge in [0.1, 0.15) is 5.52 Å². The fourth-order valence-electron chi connectivity index (χ4n) is 8.25. The number of likely N-dealkylation sites (tertiary alicyclic amines) is 1. The summed E-state index contributed by atoms with van der Waals surface area (Å²) in [6.07, 6.45) is 17.5. The molecule has 3 aliphatic rings. The molecule has 0 bridgehead atoms. The molecule has 3 aromatic heterocycles. The van der Waals surface area contributed by atoms with Gasteiger partial charge in [0.2, 0.25) is 5.95 Å². The molecular weight excluding hydrogens is 606 g/mol. The molecule has 0 radical (unpaired) electrons. The molecule has 1 saturated carbocycles. The van der Waals surface area contributed by atoms with Gasteiger partial charge >= 0.3 is 0 Å². The number of nitrogens with zero attached hydrogens (tertiary/aromatic N) is 5. The Morgan fingerprint density at radius 1 is 1.00 bits per heavy atom. The number of anilines is 1. The molecule has 2 N–H and O–H groups in total. The highest BCUT2D eigenvalue weighted by atomic mass is 16.1. The Balaban J connectivity index is 1.13. The fraction of sp³-hybridized carbons (Fsp3) is 0.439. The number of H-pyrrole nitrogens is 1. The summed E-state index contributed by atoms with van der Waals surface area (Å²) in [5, 5.41) is 5.61. The van der Waals surface area contributed by atoms with Gasteiger partial charge in [-0.25, -0.2) is 9.97 Å². The van der Waals surface area contributed by atoms with Crippen LogP contribution in [0, 0.1) is 18.3 Å². The number of rotatable bonds is 9. The van der Waals surface area contributed by atoms with Crippen molar-refractivity contribution in [1.29, 1.82) is 0 Å². The first-order valence-corrected chi connectivity index (χ1v) is 18.1. The minimum Gasteiger partial charge on any atom is -0.357 e. The summed E-state index contributed by atoms with van der Waals surface area (Å²) >= 11 is 0. The van der Waals surface area contributed by atoms with Crippen molar-refractivity contribution in [3.05, 3.63) is 88.6 Å². The lowest BCUT2D eigenvalue weighted by Crippen LogP contribution is -2.55. The Kier molecular flexibility index (Phi) is 8.51. The minimum atomic E-state index is -0.0219. The summed E-state index contributed by atoms with van der Waals surface area (Å²) < 4.78 is 1.67. The number of aromatic amines is 1. The molecular formula is C41H47N7O. The van der Waals surface area contributed by atoms with E-state index in [0.717, 1.165) is 103 Å². The maximum Gasteiger partial charge on any atom is 0.274 e. The predicted octanol–water partition coefficient (Wildman–Crippen LogP) is 6.45. The average Bonchev–Trinajstić information content (AvgIpc) is 3.83. The largest absolute Gasteiger partial charge is 0.357 e. The number of hydrogen-bond donors (Lipinski definition) is 2. The molecule has 5 heterocycles. The van der Waals surface area contributed by atoms with E-state index in [2.05, 4.69) is 81.5 Å². The van der Waals surface area contributed by atoms with Gasteiger partial charge in [0.05, 0.1) is 17.8 Å². The topological polar surface area (TPSA) is 82.1 Å². The van der Waals surface area contributed by atoms with Crippen molar-refractivity contribution < 1.29 is 0 Å². The lowest BCUT2D eigenvalue weighted by Gasteiger charge is -2.45. The van der Waals surface area contributed by atoms with Crippen LogP contribution in [0.4, 0.5) is 5.95 Å². The van der Waals surface area contributed by atoms with Gasteiger partial charge in [-0.15, -0.1) is 6.42 Å². The summed E-state index contributed by atoms with van der Waals surface area (Å²) in [7, 11) is 1.82. The highest BCUT2D eigenvalue weighted by Crippen LogP contribution is 2.43. The molecule has 2 saturated heterocycles. The lowest BCUT2D eigenvalue weighted by molar-refractivity contribution is 0.0950. The van der Waals surface area contributed by atoms with Crippen LogP contribution in [-0.4, -0.2) is 68.7 Å². The Labute approximate surface area is 288 Å². The first-order chi connectivity index (χ1) is 23.9. The summed E-state index contributed by atoms with van der Waals surface area (Å²) in [6, 6.07) is 20.1. The Morgan fingerprint density at radius 3 is 2.51 bits per heavy atom. The fourth-order valence-corrected chi connectivity index (χ4v) is 8.25. The second kappa shape index (κ2) is 13.1. The molecule has 0 unspecified atom stereocenters. The van der Waals surface area contributed by atoms with Crippen molar-refractivity contribution in [3.8, 4) is 23.5 Å². The highest BCUT2D eigenvalue weighted by Gasteiger charge is 2.35. The smallest absolute Gasteiger partial charge is 0.274 e. The maximum atomic E-state index is 12.8. The van der Waals surface area contributed by atoms with Crippen LogP contribution >= 0.6 is 0 Å². The molecule has 0 spiro atoms. The molecule has 5 aromatic rings. The molecule has 252 valence electrons. The third kappa shape index (κ3) is 6.38. The van der Waals surface area contributed by atoms with E-state index in [1.165, 1.54) is 18.4 Å². The van der Waals surface area contributed by atoms with E-state index in [-0.39, 0.29) is 17.0 Å². The molecule has 8 rings (SSSR count). The van der Waals surface area contributed by atoms with Gasteiger partial charge in [-0.1, -0.05) is 55.2 Å². The molecule has 8 nitrogen and oxygen atoms in total. The van der Waals surface area contributed by atoms with Crippen molar-refractivity contribution in [2.45, 2.75) is 69.4 Å². The number of pyridine rings is 1. The first-order valence-electron chi connectivity index (χ1n) is 18.1. The molecule has 1 aliphatic carbocycles. The number of benzene rings is 2. The van der Waals surface area contributed by atoms with Crippen molar-refractivity contribution in [1.82, 2.24) is 29.7 Å². The summed E-state index contributed by atoms with van der Waals surface area (Å²) in [6.45, 7) is 7.10. The predicted molar refractivity (Wildman–Crippen MR) is 199 cm³/mol. The molecule has 2 aromatic carbocycles. The van der Waals surface area contributed by atoms with Crippen LogP contribution in [-0.2, 0) is 7.05 Å². The molecule has 0 amide bonds. The van der Waals surface area contributed by atoms with Crippen LogP contribution in [0.2, 0.25) is 0 Å². The van der Waals surface area contributed by atoms with E-state index in [1.807, 2.05) is 25.5 Å². The maximum absolute atomic E-state index is 12.8. The van der Waals surface area contributed by atoms with Crippen LogP contribution in [0.1, 0.15) is 69.0 Å². The minimum absolute atomic E-state index is 0.0219. The molecule has 49 heavy (non-hydrogen) atoms. The van der Waals surface area contributed by atoms with Gasteiger partial charge in [-0.2, -0.15) is 0 Å². The van der Waals surface area contributed by atoms with Gasteiger partial charge in [0.25, 0.3) is 5.56 Å². The zero-order valence-electron chi connectivity index (χ0n) is 28.8. The van der Waals surface area contributed by atoms with Crippen LogP contribution in [0.5, 0.6) is 0 Å². The number of piperidine rings is 2. The van der Waals surface area contributed by atoms with E-state index in [9.17, 15) is 4.79 Å². The SMILES string of the molecule is C#CCNC1(C)CCN(C2CCN(c3nc([C@@H](CC4CC4)c4ccccc4)c4cc(-c5cn(C)c(=O)c6[nH]ccc56)ccc4n3)CC2)CC1. The zero-order chi connectivity index (χ0) is 33.5. The van der Waals surface area contributed by atoms with Crippen LogP contribution in [0.3, 0.4) is 0 Å². The van der Waals surface area contributed by atoms with Crippen molar-refractivity contribution in [2.24, 2.45) is 13.0 Å².